The number of esters is 1. The molecule has 4 unspecified atom stereocenters. The zero-order chi connectivity index (χ0) is 33.4. The van der Waals surface area contributed by atoms with Gasteiger partial charge in [-0.1, -0.05) is 87.4 Å². The molecule has 3 amide bonds. The first-order chi connectivity index (χ1) is 20.5. The van der Waals surface area contributed by atoms with Gasteiger partial charge in [0.05, 0.1) is 0 Å². The van der Waals surface area contributed by atoms with E-state index in [9.17, 15) is 19.2 Å². The fraction of sp³-hybridized carbons (Fsp3) is 0.529. The lowest BCUT2D eigenvalue weighted by Gasteiger charge is -2.29. The Bertz CT molecular complexity index is 1190. The second-order valence-corrected chi connectivity index (χ2v) is 13.0. The largest absolute Gasteiger partial charge is 0.458 e. The molecule has 0 spiro atoms. The Morgan fingerprint density at radius 2 is 1.75 bits per heavy atom. The summed E-state index contributed by atoms with van der Waals surface area (Å²) in [5.74, 6) is -1.03. The smallest absolute Gasteiger partial charge is 0.407 e. The summed E-state index contributed by atoms with van der Waals surface area (Å²) in [4.78, 5) is 49.5. The molecule has 4 atom stereocenters. The van der Waals surface area contributed by atoms with Gasteiger partial charge < -0.3 is 25.4 Å². The number of carbonyl (C=O) groups excluding carboxylic acids is 4. The molecule has 1 rings (SSSR count). The molecule has 0 aromatic carbocycles. The number of hydrogen-bond donors (Lipinski definition) is 3. The van der Waals surface area contributed by atoms with Gasteiger partial charge in [-0.25, -0.2) is 9.59 Å². The van der Waals surface area contributed by atoms with Gasteiger partial charge in [-0.3, -0.25) is 9.59 Å². The van der Waals surface area contributed by atoms with Crippen LogP contribution >= 0.6 is 11.6 Å². The van der Waals surface area contributed by atoms with Crippen LogP contribution in [0.2, 0.25) is 0 Å². The Morgan fingerprint density at radius 1 is 1.09 bits per heavy atom. The van der Waals surface area contributed by atoms with Crippen molar-refractivity contribution in [1.29, 1.82) is 0 Å². The molecule has 0 radical (unpaired) electrons. The van der Waals surface area contributed by atoms with Crippen LogP contribution in [-0.2, 0) is 23.9 Å². The lowest BCUT2D eigenvalue weighted by atomic mass is 9.86. The first kappa shape index (κ1) is 38.4. The molecule has 44 heavy (non-hydrogen) atoms. The van der Waals surface area contributed by atoms with Crippen molar-refractivity contribution in [1.82, 2.24) is 16.0 Å². The summed E-state index contributed by atoms with van der Waals surface area (Å²) in [7, 11) is 0. The Kier molecular flexibility index (Phi) is 16.5. The van der Waals surface area contributed by atoms with Gasteiger partial charge in [-0.2, -0.15) is 0 Å². The van der Waals surface area contributed by atoms with Crippen molar-refractivity contribution in [2.45, 2.75) is 106 Å². The maximum atomic E-state index is 13.0. The van der Waals surface area contributed by atoms with Crippen LogP contribution in [0.1, 0.15) is 81.6 Å². The second-order valence-electron chi connectivity index (χ2n) is 12.4. The molecular weight excluding hydrogens is 582 g/mol. The lowest BCUT2D eigenvalue weighted by molar-refractivity contribution is -0.147. The van der Waals surface area contributed by atoms with Crippen LogP contribution in [0.25, 0.3) is 0 Å². The summed E-state index contributed by atoms with van der Waals surface area (Å²) in [6, 6.07) is -0.871. The fourth-order valence-corrected chi connectivity index (χ4v) is 4.21. The summed E-state index contributed by atoms with van der Waals surface area (Å²) >= 11 is 5.94. The summed E-state index contributed by atoms with van der Waals surface area (Å²) < 4.78 is 11.0. The minimum atomic E-state index is -0.808. The predicted molar refractivity (Wildman–Crippen MR) is 176 cm³/mol. The SMILES string of the molecule is CC1=CCC(C(C)/C=C(C)/C=C/C=C/C(=O)NC(C(=O)N/C=C\CC(C/C=C(\C)Cl)OC(=O)NC(C)C)C(C)(C)C)OC1=O. The van der Waals surface area contributed by atoms with Gasteiger partial charge >= 0.3 is 12.1 Å². The van der Waals surface area contributed by atoms with E-state index >= 15 is 0 Å². The van der Waals surface area contributed by atoms with Gasteiger partial charge in [-0.15, -0.1) is 0 Å². The molecule has 0 aromatic heterocycles. The summed E-state index contributed by atoms with van der Waals surface area (Å²) in [5, 5.41) is 8.78. The minimum absolute atomic E-state index is 0.0368. The van der Waals surface area contributed by atoms with E-state index in [1.165, 1.54) is 12.3 Å². The van der Waals surface area contributed by atoms with Gasteiger partial charge in [0.2, 0.25) is 11.8 Å². The number of carbonyl (C=O) groups is 4. The van der Waals surface area contributed by atoms with Crippen molar-refractivity contribution in [2.75, 3.05) is 0 Å². The van der Waals surface area contributed by atoms with Crippen molar-refractivity contribution in [3.8, 4) is 0 Å². The molecule has 0 aromatic rings. The van der Waals surface area contributed by atoms with Crippen LogP contribution in [0.4, 0.5) is 4.79 Å². The van der Waals surface area contributed by atoms with Crippen LogP contribution < -0.4 is 16.0 Å². The quantitative estimate of drug-likeness (QED) is 0.114. The van der Waals surface area contributed by atoms with Crippen molar-refractivity contribution in [3.63, 3.8) is 0 Å². The average molecular weight is 632 g/mol. The zero-order valence-corrected chi connectivity index (χ0v) is 28.3. The fourth-order valence-electron chi connectivity index (χ4n) is 4.12. The number of amides is 3. The van der Waals surface area contributed by atoms with Gasteiger partial charge in [0, 0.05) is 47.9 Å². The summed E-state index contributed by atoms with van der Waals surface area (Å²) in [6.45, 7) is 16.7. The Labute approximate surface area is 267 Å². The number of cyclic esters (lactones) is 1. The third-order valence-electron chi connectivity index (χ3n) is 6.57. The van der Waals surface area contributed by atoms with Crippen molar-refractivity contribution >= 4 is 35.5 Å². The molecule has 0 aliphatic carbocycles. The second kappa shape index (κ2) is 18.9. The van der Waals surface area contributed by atoms with Crippen LogP contribution in [0, 0.1) is 11.3 Å². The van der Waals surface area contributed by atoms with Crippen LogP contribution in [0.3, 0.4) is 0 Å². The van der Waals surface area contributed by atoms with E-state index in [1.54, 1.807) is 38.2 Å². The molecule has 3 N–H and O–H groups in total. The lowest BCUT2D eigenvalue weighted by Crippen LogP contribution is -2.52. The molecule has 10 heteroatoms. The maximum Gasteiger partial charge on any atom is 0.407 e. The Balaban J connectivity index is 2.73. The third kappa shape index (κ3) is 15.8. The third-order valence-corrected chi connectivity index (χ3v) is 6.72. The van der Waals surface area contributed by atoms with Crippen LogP contribution in [0.15, 0.2) is 71.0 Å². The number of rotatable bonds is 14. The number of halogens is 1. The predicted octanol–water partition coefficient (Wildman–Crippen LogP) is 6.53. The maximum absolute atomic E-state index is 13.0. The summed E-state index contributed by atoms with van der Waals surface area (Å²) in [5.41, 5.74) is 1.03. The average Bonchev–Trinajstić information content (AvgIpc) is 2.90. The van der Waals surface area contributed by atoms with E-state index in [2.05, 4.69) is 16.0 Å². The van der Waals surface area contributed by atoms with E-state index in [0.717, 1.165) is 5.57 Å². The monoisotopic (exact) mass is 631 g/mol. The first-order valence-electron chi connectivity index (χ1n) is 15.0. The zero-order valence-electron chi connectivity index (χ0n) is 27.5. The molecule has 0 fully saturated rings. The topological polar surface area (TPSA) is 123 Å². The van der Waals surface area contributed by atoms with Gasteiger partial charge in [-0.05, 0) is 46.2 Å². The van der Waals surface area contributed by atoms with E-state index < -0.39 is 29.6 Å². The number of nitrogens with one attached hydrogen (secondary N) is 3. The van der Waals surface area contributed by atoms with Crippen LogP contribution in [-0.4, -0.2) is 48.2 Å². The number of allylic oxidation sites excluding steroid dienone is 5. The molecule has 0 saturated heterocycles. The van der Waals surface area contributed by atoms with Crippen LogP contribution in [0.5, 0.6) is 0 Å². The van der Waals surface area contributed by atoms with Crippen molar-refractivity contribution in [2.24, 2.45) is 11.3 Å². The number of ether oxygens (including phenoxy) is 2. The van der Waals surface area contributed by atoms with Crippen molar-refractivity contribution in [3.05, 3.63) is 71.0 Å². The highest BCUT2D eigenvalue weighted by Crippen LogP contribution is 2.22. The highest BCUT2D eigenvalue weighted by atomic mass is 35.5. The van der Waals surface area contributed by atoms with E-state index in [4.69, 9.17) is 21.1 Å². The van der Waals surface area contributed by atoms with E-state index in [1.807, 2.05) is 66.7 Å². The van der Waals surface area contributed by atoms with E-state index in [-0.39, 0.29) is 29.9 Å². The molecule has 1 heterocycles. The van der Waals surface area contributed by atoms with E-state index in [0.29, 0.717) is 29.9 Å². The molecule has 0 saturated carbocycles. The normalized spacial score (nSPS) is 18.7. The number of alkyl carbamates (subject to hydrolysis) is 1. The van der Waals surface area contributed by atoms with Gasteiger partial charge in [0.1, 0.15) is 18.2 Å². The van der Waals surface area contributed by atoms with Crippen molar-refractivity contribution < 1.29 is 28.7 Å². The molecule has 244 valence electrons. The molecular formula is C34H50ClN3O6. The Morgan fingerprint density at radius 3 is 2.34 bits per heavy atom. The molecule has 0 bridgehead atoms. The Hall–Kier alpha value is -3.59. The number of hydrogen-bond acceptors (Lipinski definition) is 6. The van der Waals surface area contributed by atoms with Gasteiger partial charge in [0.15, 0.2) is 0 Å². The van der Waals surface area contributed by atoms with Gasteiger partial charge in [0.25, 0.3) is 0 Å². The standard InChI is InChI=1S/C34H50ClN3O6/c1-22(2)37-33(42)43-27(18-17-26(6)35)14-12-20-36-31(40)30(34(7,8)9)38-29(39)15-11-10-13-23(3)21-25(5)28-19-16-24(4)32(41)44-28/h10-13,15-17,20-22,25,27-28,30H,14,18-19H2,1-9H3,(H,36,40)(H,37,42)(H,38,39)/b13-10+,15-11+,20-12-,23-21+,26-17+. The minimum Gasteiger partial charge on any atom is -0.458 e. The molecule has 1 aliphatic rings. The molecule has 9 nitrogen and oxygen atoms in total. The highest BCUT2D eigenvalue weighted by molar-refractivity contribution is 6.29. The summed E-state index contributed by atoms with van der Waals surface area (Å²) in [6.07, 6.45) is 15.7. The first-order valence-corrected chi connectivity index (χ1v) is 15.3. The highest BCUT2D eigenvalue weighted by Gasteiger charge is 2.32. The molecule has 1 aliphatic heterocycles.